The van der Waals surface area contributed by atoms with E-state index in [-0.39, 0.29) is 23.9 Å². The average molecular weight is 453 g/mol. The summed E-state index contributed by atoms with van der Waals surface area (Å²) in [5.74, 6) is -0.856. The van der Waals surface area contributed by atoms with Crippen molar-refractivity contribution in [3.8, 4) is 23.3 Å². The fourth-order valence-corrected chi connectivity index (χ4v) is 3.15. The van der Waals surface area contributed by atoms with Gasteiger partial charge < -0.3 is 14.2 Å². The molecule has 0 aliphatic carbocycles. The molecular formula is C28H23NO5. The number of esters is 2. The van der Waals surface area contributed by atoms with Gasteiger partial charge in [0.2, 0.25) is 5.75 Å². The normalized spacial score (nSPS) is 9.97. The average Bonchev–Trinajstić information content (AvgIpc) is 2.88. The van der Waals surface area contributed by atoms with Gasteiger partial charge in [0, 0.05) is 6.08 Å². The summed E-state index contributed by atoms with van der Waals surface area (Å²) in [6.45, 7) is 7.17. The number of ether oxygens (including phenoxy) is 3. The zero-order valence-corrected chi connectivity index (χ0v) is 18.5. The van der Waals surface area contributed by atoms with E-state index in [2.05, 4.69) is 19.2 Å². The third-order valence-electron chi connectivity index (χ3n) is 4.85. The summed E-state index contributed by atoms with van der Waals surface area (Å²) in [5.41, 5.74) is 2.64. The molecule has 170 valence electrons. The molecule has 0 unspecified atom stereocenters. The van der Waals surface area contributed by atoms with Gasteiger partial charge in [-0.2, -0.15) is 5.26 Å². The van der Waals surface area contributed by atoms with E-state index in [9.17, 15) is 9.59 Å². The van der Waals surface area contributed by atoms with Crippen LogP contribution in [0.25, 0.3) is 0 Å². The molecule has 34 heavy (non-hydrogen) atoms. The molecule has 0 N–H and O–H groups in total. The summed E-state index contributed by atoms with van der Waals surface area (Å²) in [7, 11) is 0. The van der Waals surface area contributed by atoms with E-state index in [0.717, 1.165) is 11.6 Å². The van der Waals surface area contributed by atoms with Crippen LogP contribution in [0, 0.1) is 11.3 Å². The molecule has 3 rings (SSSR count). The summed E-state index contributed by atoms with van der Waals surface area (Å²) in [6, 6.07) is 21.2. The van der Waals surface area contributed by atoms with Crippen molar-refractivity contribution in [2.75, 3.05) is 6.61 Å². The lowest BCUT2D eigenvalue weighted by Crippen LogP contribution is -2.13. The van der Waals surface area contributed by atoms with Gasteiger partial charge in [-0.1, -0.05) is 55.6 Å². The zero-order valence-electron chi connectivity index (χ0n) is 18.5. The lowest BCUT2D eigenvalue weighted by molar-refractivity contribution is -0.129. The summed E-state index contributed by atoms with van der Waals surface area (Å²) >= 11 is 0. The van der Waals surface area contributed by atoms with Crippen LogP contribution in [0.5, 0.6) is 17.2 Å². The number of hydrogen-bond acceptors (Lipinski definition) is 6. The fourth-order valence-electron chi connectivity index (χ4n) is 3.15. The predicted molar refractivity (Wildman–Crippen MR) is 128 cm³/mol. The summed E-state index contributed by atoms with van der Waals surface area (Å²) in [6.07, 6.45) is 3.69. The molecule has 0 fully saturated rings. The number of carbonyl (C=O) groups excluding carboxylic acids is 2. The molecular weight excluding hydrogens is 430 g/mol. The Hall–Kier alpha value is -4.63. The molecule has 0 aromatic heterocycles. The number of nitriles is 1. The Labute approximate surface area is 198 Å². The quantitative estimate of drug-likeness (QED) is 0.181. The molecule has 3 aromatic carbocycles. The first kappa shape index (κ1) is 24.0. The molecule has 0 bridgehead atoms. The van der Waals surface area contributed by atoms with Gasteiger partial charge in [-0.15, -0.1) is 0 Å². The van der Waals surface area contributed by atoms with Crippen LogP contribution in [0.3, 0.4) is 0 Å². The highest BCUT2D eigenvalue weighted by atomic mass is 16.6. The molecule has 0 atom stereocenters. The molecule has 0 aliphatic heterocycles. The Balaban J connectivity index is 1.99. The van der Waals surface area contributed by atoms with Crippen molar-refractivity contribution in [2.45, 2.75) is 12.8 Å². The fraction of sp³-hybridized carbons (Fsp3) is 0.107. The van der Waals surface area contributed by atoms with Gasteiger partial charge in [0.1, 0.15) is 6.61 Å². The number of nitrogens with zero attached hydrogens (tertiary/aromatic N) is 1. The molecule has 0 radical (unpaired) electrons. The lowest BCUT2D eigenvalue weighted by Gasteiger charge is -2.18. The number of benzene rings is 3. The Morgan fingerprint density at radius 1 is 0.882 bits per heavy atom. The van der Waals surface area contributed by atoms with Crippen molar-refractivity contribution in [2.24, 2.45) is 0 Å². The van der Waals surface area contributed by atoms with Crippen LogP contribution in [-0.4, -0.2) is 18.5 Å². The molecule has 6 heteroatoms. The van der Waals surface area contributed by atoms with Gasteiger partial charge in [0.15, 0.2) is 11.5 Å². The molecule has 0 aliphatic rings. The Morgan fingerprint density at radius 2 is 1.62 bits per heavy atom. The van der Waals surface area contributed by atoms with E-state index < -0.39 is 11.9 Å². The molecule has 0 heterocycles. The van der Waals surface area contributed by atoms with Crippen LogP contribution >= 0.6 is 0 Å². The monoisotopic (exact) mass is 453 g/mol. The third kappa shape index (κ3) is 6.21. The Kier molecular flexibility index (Phi) is 8.36. The van der Waals surface area contributed by atoms with Crippen molar-refractivity contribution in [1.82, 2.24) is 0 Å². The van der Waals surface area contributed by atoms with Crippen molar-refractivity contribution in [3.63, 3.8) is 0 Å². The van der Waals surface area contributed by atoms with Crippen LogP contribution in [0.15, 0.2) is 92.0 Å². The first-order valence-corrected chi connectivity index (χ1v) is 10.6. The lowest BCUT2D eigenvalue weighted by atomic mass is 10.0. The van der Waals surface area contributed by atoms with Crippen LogP contribution in [0.4, 0.5) is 0 Å². The minimum absolute atomic E-state index is 0.102. The molecule has 0 amide bonds. The van der Waals surface area contributed by atoms with Crippen molar-refractivity contribution in [1.29, 1.82) is 5.26 Å². The van der Waals surface area contributed by atoms with Gasteiger partial charge >= 0.3 is 11.9 Å². The Bertz CT molecular complexity index is 1220. The highest BCUT2D eigenvalue weighted by Crippen LogP contribution is 2.41. The molecule has 0 saturated carbocycles. The maximum Gasteiger partial charge on any atom is 0.343 e. The van der Waals surface area contributed by atoms with Gasteiger partial charge in [-0.25, -0.2) is 9.59 Å². The predicted octanol–water partition coefficient (Wildman–Crippen LogP) is 5.22. The topological polar surface area (TPSA) is 85.6 Å². The van der Waals surface area contributed by atoms with Crippen molar-refractivity contribution < 1.29 is 23.8 Å². The van der Waals surface area contributed by atoms with Crippen LogP contribution in [0.2, 0.25) is 0 Å². The highest BCUT2D eigenvalue weighted by molar-refractivity contribution is 5.92. The number of aryl methyl sites for hydroxylation is 2. The van der Waals surface area contributed by atoms with E-state index in [1.54, 1.807) is 54.6 Å². The third-order valence-corrected chi connectivity index (χ3v) is 4.85. The summed E-state index contributed by atoms with van der Waals surface area (Å²) in [5, 5.41) is 9.00. The van der Waals surface area contributed by atoms with Crippen LogP contribution < -0.4 is 14.2 Å². The number of rotatable bonds is 10. The van der Waals surface area contributed by atoms with Gasteiger partial charge in [-0.3, -0.25) is 0 Å². The largest absolute Gasteiger partial charge is 0.482 e. The first-order chi connectivity index (χ1) is 16.5. The van der Waals surface area contributed by atoms with E-state index in [1.165, 1.54) is 6.08 Å². The number of hydrogen-bond donors (Lipinski definition) is 0. The SMILES string of the molecule is C=CCOc1c(OC(=O)C=C)ccc(CCc2ccc(C#N)cc2)c1OC(=O)c1ccccc1. The smallest absolute Gasteiger partial charge is 0.343 e. The zero-order chi connectivity index (χ0) is 24.3. The molecule has 6 nitrogen and oxygen atoms in total. The Morgan fingerprint density at radius 3 is 2.26 bits per heavy atom. The second-order valence-electron chi connectivity index (χ2n) is 7.17. The molecule has 0 spiro atoms. The van der Waals surface area contributed by atoms with Crippen LogP contribution in [0.1, 0.15) is 27.0 Å². The second kappa shape index (κ2) is 11.8. The van der Waals surface area contributed by atoms with E-state index in [1.807, 2.05) is 12.1 Å². The minimum atomic E-state index is -0.672. The maximum absolute atomic E-state index is 12.9. The van der Waals surface area contributed by atoms with Crippen molar-refractivity contribution in [3.05, 3.63) is 114 Å². The summed E-state index contributed by atoms with van der Waals surface area (Å²) in [4.78, 5) is 24.7. The van der Waals surface area contributed by atoms with Gasteiger partial charge in [-0.05, 0) is 54.3 Å². The van der Waals surface area contributed by atoms with Crippen molar-refractivity contribution >= 4 is 11.9 Å². The van der Waals surface area contributed by atoms with E-state index in [0.29, 0.717) is 29.5 Å². The van der Waals surface area contributed by atoms with Gasteiger partial charge in [0.05, 0.1) is 17.2 Å². The maximum atomic E-state index is 12.9. The number of carbonyl (C=O) groups is 2. The first-order valence-electron chi connectivity index (χ1n) is 10.6. The molecule has 3 aromatic rings. The highest BCUT2D eigenvalue weighted by Gasteiger charge is 2.22. The van der Waals surface area contributed by atoms with E-state index >= 15 is 0 Å². The summed E-state index contributed by atoms with van der Waals surface area (Å²) < 4.78 is 16.9. The van der Waals surface area contributed by atoms with E-state index in [4.69, 9.17) is 19.5 Å². The standard InChI is InChI=1S/C28H23NO5/c1-3-18-32-27-24(33-25(30)4-2)17-16-22(15-14-20-10-12-21(19-29)13-11-20)26(27)34-28(31)23-8-6-5-7-9-23/h3-13,16-17H,1-2,14-15,18H2. The minimum Gasteiger partial charge on any atom is -0.482 e. The van der Waals surface area contributed by atoms with Gasteiger partial charge in [0.25, 0.3) is 0 Å². The molecule has 0 saturated heterocycles. The van der Waals surface area contributed by atoms with Crippen LogP contribution in [-0.2, 0) is 17.6 Å². The second-order valence-corrected chi connectivity index (χ2v) is 7.17.